The summed E-state index contributed by atoms with van der Waals surface area (Å²) >= 11 is 26.4. The number of hydrogen-bond donors (Lipinski definition) is 1. The predicted octanol–water partition coefficient (Wildman–Crippen LogP) is 6.91. The number of Topliss-reactive ketones (excluding diaryl/α,β-unsaturated/α-hetero) is 2. The number of ketones is 2. The number of hydrogen-bond acceptors (Lipinski definition) is 8. The molecule has 0 fully saturated rings. The van der Waals surface area contributed by atoms with Crippen LogP contribution in [-0.4, -0.2) is 54.2 Å². The molecule has 2 N–H and O–H groups in total. The van der Waals surface area contributed by atoms with Gasteiger partial charge in [-0.05, 0) is 12.1 Å². The van der Waals surface area contributed by atoms with Crippen molar-refractivity contribution in [1.29, 1.82) is 0 Å². The first-order valence-corrected chi connectivity index (χ1v) is 14.6. The van der Waals surface area contributed by atoms with E-state index in [9.17, 15) is 9.59 Å². The Hall–Kier alpha value is 0.520. The summed E-state index contributed by atoms with van der Waals surface area (Å²) in [5.41, 5.74) is 6.42. The molecule has 0 atom stereocenters. The molecule has 0 aromatic carbocycles. The van der Waals surface area contributed by atoms with E-state index in [2.05, 4.69) is 4.90 Å². The van der Waals surface area contributed by atoms with E-state index in [4.69, 9.17) is 52.1 Å². The lowest BCUT2D eigenvalue weighted by Gasteiger charge is -2.21. The quantitative estimate of drug-likeness (QED) is 0.152. The summed E-state index contributed by atoms with van der Waals surface area (Å²) in [6, 6.07) is 3.21. The highest BCUT2D eigenvalue weighted by molar-refractivity contribution is 8.76. The minimum Gasteiger partial charge on any atom is -0.330 e. The summed E-state index contributed by atoms with van der Waals surface area (Å²) in [4.78, 5) is 27.1. The Balaban J connectivity index is 1.91. The van der Waals surface area contributed by atoms with Crippen LogP contribution in [-0.2, 0) is 0 Å². The zero-order valence-electron chi connectivity index (χ0n) is 15.8. The summed E-state index contributed by atoms with van der Waals surface area (Å²) in [5.74, 6) is 1.63. The fourth-order valence-electron chi connectivity index (χ4n) is 2.52. The van der Waals surface area contributed by atoms with Gasteiger partial charge in [-0.25, -0.2) is 0 Å². The van der Waals surface area contributed by atoms with E-state index in [-0.39, 0.29) is 11.6 Å². The van der Waals surface area contributed by atoms with Gasteiger partial charge in [0, 0.05) is 61.7 Å². The van der Waals surface area contributed by atoms with E-state index in [0.717, 1.165) is 18.1 Å². The highest BCUT2D eigenvalue weighted by Crippen LogP contribution is 2.33. The van der Waals surface area contributed by atoms with Gasteiger partial charge in [0.05, 0.1) is 8.67 Å². The molecule has 2 aromatic heterocycles. The van der Waals surface area contributed by atoms with E-state index < -0.39 is 0 Å². The normalized spacial score (nSPS) is 11.4. The molecule has 0 radical (unpaired) electrons. The van der Waals surface area contributed by atoms with Crippen LogP contribution in [0.2, 0.25) is 17.3 Å². The maximum Gasteiger partial charge on any atom is 0.166 e. The van der Waals surface area contributed by atoms with Crippen molar-refractivity contribution in [3.05, 3.63) is 40.6 Å². The topological polar surface area (TPSA) is 63.4 Å². The van der Waals surface area contributed by atoms with Gasteiger partial charge in [0.25, 0.3) is 0 Å². The van der Waals surface area contributed by atoms with Crippen LogP contribution in [0.25, 0.3) is 0 Å². The molecule has 0 spiro atoms. The summed E-state index contributed by atoms with van der Waals surface area (Å²) in [7, 11) is 3.45. The first-order chi connectivity index (χ1) is 14.3. The molecule has 0 bridgehead atoms. The third-order valence-corrected chi connectivity index (χ3v) is 9.39. The summed E-state index contributed by atoms with van der Waals surface area (Å²) in [6.07, 6.45) is 0.596. The van der Waals surface area contributed by atoms with Crippen molar-refractivity contribution in [3.8, 4) is 0 Å². The van der Waals surface area contributed by atoms with Crippen LogP contribution in [0, 0.1) is 0 Å². The Labute approximate surface area is 212 Å². The van der Waals surface area contributed by atoms with Gasteiger partial charge in [-0.1, -0.05) is 68.0 Å². The molecule has 0 aliphatic heterocycles. The molecular weight excluding hydrogens is 546 g/mol. The van der Waals surface area contributed by atoms with Gasteiger partial charge in [-0.3, -0.25) is 9.59 Å². The molecular formula is C18H20Cl4N2O2S4. The lowest BCUT2D eigenvalue weighted by molar-refractivity contribution is 0.0950. The van der Waals surface area contributed by atoms with Crippen molar-refractivity contribution < 1.29 is 9.59 Å². The number of carbonyl (C=O) groups is 2. The second kappa shape index (κ2) is 13.9. The molecule has 2 aromatic rings. The summed E-state index contributed by atoms with van der Waals surface area (Å²) < 4.78 is 1.80. The van der Waals surface area contributed by atoms with Crippen molar-refractivity contribution >= 4 is 102 Å². The highest BCUT2D eigenvalue weighted by Gasteiger charge is 2.18. The van der Waals surface area contributed by atoms with Crippen LogP contribution in [0.3, 0.4) is 0 Å². The molecule has 2 heterocycles. The van der Waals surface area contributed by atoms with Crippen molar-refractivity contribution in [2.45, 2.75) is 12.8 Å². The molecule has 30 heavy (non-hydrogen) atoms. The van der Waals surface area contributed by atoms with E-state index in [1.54, 1.807) is 33.7 Å². The Morgan fingerprint density at radius 1 is 0.833 bits per heavy atom. The average Bonchev–Trinajstić information content (AvgIpc) is 3.22. The van der Waals surface area contributed by atoms with Gasteiger partial charge in [0.1, 0.15) is 8.67 Å². The molecule has 4 nitrogen and oxygen atoms in total. The van der Waals surface area contributed by atoms with Gasteiger partial charge < -0.3 is 10.6 Å². The van der Waals surface area contributed by atoms with Gasteiger partial charge in [0.15, 0.2) is 11.6 Å². The molecule has 0 unspecified atom stereocenters. The Kier molecular flexibility index (Phi) is 12.4. The summed E-state index contributed by atoms with van der Waals surface area (Å²) in [5, 5.41) is 0. The fourth-order valence-corrected chi connectivity index (χ4v) is 7.40. The smallest absolute Gasteiger partial charge is 0.166 e. The number of nitrogens with zero attached hydrogens (tertiary/aromatic N) is 1. The maximum absolute atomic E-state index is 12.5. The standard InChI is InChI=1S/C18H20Cl4N2O2S4/c19-15-9-11(17(21)29-15)13(25)1-4-24(6-8-28-27-7-3-23)5-2-14(26)12-10-16(20)30-18(12)22/h9-10H,1-8,23H2. The van der Waals surface area contributed by atoms with Crippen LogP contribution in [0.5, 0.6) is 0 Å². The first kappa shape index (κ1) is 26.8. The third kappa shape index (κ3) is 8.81. The molecule has 0 saturated heterocycles. The molecule has 2 rings (SSSR count). The number of halogens is 4. The molecule has 12 heteroatoms. The van der Waals surface area contributed by atoms with E-state index >= 15 is 0 Å². The maximum atomic E-state index is 12.5. The summed E-state index contributed by atoms with van der Waals surface area (Å²) in [6.45, 7) is 2.43. The van der Waals surface area contributed by atoms with Gasteiger partial charge in [-0.2, -0.15) is 0 Å². The van der Waals surface area contributed by atoms with Crippen LogP contribution < -0.4 is 5.73 Å². The number of thiophene rings is 2. The zero-order chi connectivity index (χ0) is 22.1. The zero-order valence-corrected chi connectivity index (χ0v) is 22.1. The lowest BCUT2D eigenvalue weighted by Crippen LogP contribution is -2.31. The number of carbonyl (C=O) groups excluding carboxylic acids is 2. The largest absolute Gasteiger partial charge is 0.330 e. The van der Waals surface area contributed by atoms with Crippen LogP contribution in [0.1, 0.15) is 33.6 Å². The van der Waals surface area contributed by atoms with Gasteiger partial charge in [0.2, 0.25) is 0 Å². The van der Waals surface area contributed by atoms with Crippen molar-refractivity contribution in [1.82, 2.24) is 4.90 Å². The van der Waals surface area contributed by atoms with E-state index in [1.165, 1.54) is 22.7 Å². The second-order valence-electron chi connectivity index (χ2n) is 6.10. The molecule has 0 aliphatic carbocycles. The van der Waals surface area contributed by atoms with Crippen LogP contribution >= 0.6 is 90.7 Å². The molecule has 0 aliphatic rings. The lowest BCUT2D eigenvalue weighted by atomic mass is 10.1. The van der Waals surface area contributed by atoms with Crippen molar-refractivity contribution in [2.75, 3.05) is 37.7 Å². The minimum atomic E-state index is -0.0581. The minimum absolute atomic E-state index is 0.0581. The SMILES string of the molecule is NCCSSCCN(CCC(=O)c1cc(Cl)sc1Cl)CCC(=O)c1cc(Cl)sc1Cl. The highest BCUT2D eigenvalue weighted by atomic mass is 35.5. The molecule has 0 amide bonds. The second-order valence-corrected chi connectivity index (χ2v) is 13.4. The average molecular weight is 566 g/mol. The van der Waals surface area contributed by atoms with Gasteiger partial charge >= 0.3 is 0 Å². The Morgan fingerprint density at radius 2 is 1.30 bits per heavy atom. The monoisotopic (exact) mass is 564 g/mol. The van der Waals surface area contributed by atoms with Crippen molar-refractivity contribution in [2.24, 2.45) is 5.73 Å². The van der Waals surface area contributed by atoms with Crippen LogP contribution in [0.4, 0.5) is 0 Å². The first-order valence-electron chi connectivity index (χ1n) is 8.94. The predicted molar refractivity (Wildman–Crippen MR) is 137 cm³/mol. The fraction of sp³-hybridized carbons (Fsp3) is 0.444. The third-order valence-electron chi connectivity index (χ3n) is 4.00. The molecule has 166 valence electrons. The number of rotatable bonds is 14. The Bertz CT molecular complexity index is 797. The molecule has 0 saturated carbocycles. The number of nitrogens with two attached hydrogens (primary N) is 1. The van der Waals surface area contributed by atoms with E-state index in [1.807, 2.05) is 0 Å². The van der Waals surface area contributed by atoms with Crippen molar-refractivity contribution in [3.63, 3.8) is 0 Å². The van der Waals surface area contributed by atoms with Gasteiger partial charge in [-0.15, -0.1) is 22.7 Å². The van der Waals surface area contributed by atoms with E-state index in [0.29, 0.717) is 60.9 Å². The van der Waals surface area contributed by atoms with Crippen LogP contribution in [0.15, 0.2) is 12.1 Å². The Morgan fingerprint density at radius 3 is 1.70 bits per heavy atom.